The van der Waals surface area contributed by atoms with Crippen LogP contribution in [0, 0.1) is 5.92 Å². The topological polar surface area (TPSA) is 38.7 Å². The second kappa shape index (κ2) is 7.59. The maximum Gasteiger partial charge on any atom is 0.457 e. The molecule has 1 atom stereocenters. The molecule has 0 spiro atoms. The van der Waals surface area contributed by atoms with Gasteiger partial charge in [0.15, 0.2) is 0 Å². The number of rotatable bonds is 3. The maximum absolute atomic E-state index is 8.68. The fraction of sp³-hybridized carbons (Fsp3) is 1.00. The van der Waals surface area contributed by atoms with Gasteiger partial charge in [-0.1, -0.05) is 20.8 Å². The van der Waals surface area contributed by atoms with Crippen LogP contribution in [-0.4, -0.2) is 32.0 Å². The van der Waals surface area contributed by atoms with Gasteiger partial charge in [0.2, 0.25) is 0 Å². The molecule has 0 radical (unpaired) electrons. The van der Waals surface area contributed by atoms with Crippen LogP contribution >= 0.6 is 0 Å². The molecule has 1 aliphatic rings. The Balaban J connectivity index is 0.000000561. The van der Waals surface area contributed by atoms with E-state index in [1.54, 1.807) is 0 Å². The van der Waals surface area contributed by atoms with Gasteiger partial charge >= 0.3 is 7.12 Å². The van der Waals surface area contributed by atoms with Gasteiger partial charge in [-0.2, -0.15) is 0 Å². The molecule has 0 aliphatic carbocycles. The van der Waals surface area contributed by atoms with Crippen molar-refractivity contribution in [3.63, 3.8) is 0 Å². The molecule has 72 valence electrons. The molecule has 12 heavy (non-hydrogen) atoms. The minimum absolute atomic E-state index is 0.0675. The van der Waals surface area contributed by atoms with Crippen LogP contribution in [0.5, 0.6) is 0 Å². The maximum atomic E-state index is 8.68. The van der Waals surface area contributed by atoms with E-state index in [9.17, 15) is 0 Å². The second-order valence-corrected chi connectivity index (χ2v) is 2.69. The summed E-state index contributed by atoms with van der Waals surface area (Å²) in [4.78, 5) is 0. The summed E-state index contributed by atoms with van der Waals surface area (Å²) in [6.07, 6.45) is 0.802. The molecule has 1 fully saturated rings. The van der Waals surface area contributed by atoms with Crippen LogP contribution in [0.3, 0.4) is 0 Å². The number of aliphatic hydroxyl groups is 1. The summed E-state index contributed by atoms with van der Waals surface area (Å²) in [6.45, 7) is 7.58. The van der Waals surface area contributed by atoms with Gasteiger partial charge in [0.05, 0.1) is 13.2 Å². The fourth-order valence-electron chi connectivity index (χ4n) is 0.946. The molecular formula is C8H19BO3. The van der Waals surface area contributed by atoms with Crippen molar-refractivity contribution in [3.05, 3.63) is 0 Å². The molecule has 0 bridgehead atoms. The molecule has 0 aromatic rings. The Morgan fingerprint density at radius 1 is 1.33 bits per heavy atom. The highest BCUT2D eigenvalue weighted by Crippen LogP contribution is 2.11. The molecule has 1 N–H and O–H groups in total. The Kier molecular flexibility index (Phi) is 7.55. The molecule has 1 heterocycles. The van der Waals surface area contributed by atoms with Crippen molar-refractivity contribution < 1.29 is 14.4 Å². The predicted octanol–water partition coefficient (Wildman–Crippen LogP) is 1.18. The molecule has 0 aromatic carbocycles. The van der Waals surface area contributed by atoms with E-state index in [1.165, 1.54) is 0 Å². The van der Waals surface area contributed by atoms with Crippen molar-refractivity contribution >= 4 is 7.12 Å². The second-order valence-electron chi connectivity index (χ2n) is 2.69. The molecule has 1 rings (SSSR count). The van der Waals surface area contributed by atoms with E-state index >= 15 is 0 Å². The van der Waals surface area contributed by atoms with Gasteiger partial charge in [-0.05, 0) is 12.2 Å². The summed E-state index contributed by atoms with van der Waals surface area (Å²) in [5.41, 5.74) is 0. The van der Waals surface area contributed by atoms with E-state index in [2.05, 4.69) is 0 Å². The Bertz CT molecular complexity index is 94.3. The highest BCUT2D eigenvalue weighted by atomic mass is 16.6. The van der Waals surface area contributed by atoms with Crippen molar-refractivity contribution in [1.82, 2.24) is 0 Å². The summed E-state index contributed by atoms with van der Waals surface area (Å²) < 4.78 is 10.4. The molecule has 1 saturated heterocycles. The van der Waals surface area contributed by atoms with Gasteiger partial charge in [-0.15, -0.1) is 0 Å². The Hall–Kier alpha value is -0.0551. The standard InChI is InChI=1S/C6H13BO3.C2H6/c1-6(5-8)4-7-9-2-3-10-7;1-2/h6,8H,2-5H2,1H3;1-2H3/t6-;/m1./s1. The summed E-state index contributed by atoms with van der Waals surface area (Å²) in [7, 11) is -0.0675. The van der Waals surface area contributed by atoms with Gasteiger partial charge in [-0.3, -0.25) is 0 Å². The predicted molar refractivity (Wildman–Crippen MR) is 50.1 cm³/mol. The lowest BCUT2D eigenvalue weighted by Crippen LogP contribution is -2.18. The van der Waals surface area contributed by atoms with Gasteiger partial charge in [0.1, 0.15) is 0 Å². The number of aliphatic hydroxyl groups excluding tert-OH is 1. The van der Waals surface area contributed by atoms with Crippen LogP contribution in [0.2, 0.25) is 6.32 Å². The largest absolute Gasteiger partial charge is 0.457 e. The van der Waals surface area contributed by atoms with Gasteiger partial charge in [0.25, 0.3) is 0 Å². The van der Waals surface area contributed by atoms with Crippen molar-refractivity contribution in [1.29, 1.82) is 0 Å². The summed E-state index contributed by atoms with van der Waals surface area (Å²) >= 11 is 0. The lowest BCUT2D eigenvalue weighted by molar-refractivity contribution is 0.239. The van der Waals surface area contributed by atoms with Crippen molar-refractivity contribution in [2.45, 2.75) is 27.1 Å². The molecule has 4 heteroatoms. The van der Waals surface area contributed by atoms with E-state index in [1.807, 2.05) is 20.8 Å². The SMILES string of the molecule is CC.C[C@@H](CO)CB1OCCO1. The first-order valence-corrected chi connectivity index (χ1v) is 4.67. The van der Waals surface area contributed by atoms with Crippen molar-refractivity contribution in [3.8, 4) is 0 Å². The average molecular weight is 174 g/mol. The Labute approximate surface area is 75.2 Å². The van der Waals surface area contributed by atoms with Gasteiger partial charge in [-0.25, -0.2) is 0 Å². The first-order valence-electron chi connectivity index (χ1n) is 4.67. The highest BCUT2D eigenvalue weighted by molar-refractivity contribution is 6.44. The number of hydrogen-bond acceptors (Lipinski definition) is 3. The first kappa shape index (κ1) is 11.9. The fourth-order valence-corrected chi connectivity index (χ4v) is 0.946. The van der Waals surface area contributed by atoms with Crippen molar-refractivity contribution in [2.75, 3.05) is 19.8 Å². The number of hydrogen-bond donors (Lipinski definition) is 1. The summed E-state index contributed by atoms with van der Waals surface area (Å²) in [6, 6.07) is 0. The summed E-state index contributed by atoms with van der Waals surface area (Å²) in [5, 5.41) is 8.68. The van der Waals surface area contributed by atoms with Gasteiger partial charge in [0, 0.05) is 6.61 Å². The first-order chi connectivity index (χ1) is 5.83. The van der Waals surface area contributed by atoms with Crippen LogP contribution in [0.15, 0.2) is 0 Å². The van der Waals surface area contributed by atoms with Crippen LogP contribution in [-0.2, 0) is 9.31 Å². The third-order valence-corrected chi connectivity index (χ3v) is 1.60. The molecule has 0 aromatic heterocycles. The van der Waals surface area contributed by atoms with E-state index in [0.29, 0.717) is 13.2 Å². The monoisotopic (exact) mass is 174 g/mol. The quantitative estimate of drug-likeness (QED) is 0.652. The molecule has 1 aliphatic heterocycles. The molecule has 0 saturated carbocycles. The highest BCUT2D eigenvalue weighted by Gasteiger charge is 2.25. The van der Waals surface area contributed by atoms with E-state index in [0.717, 1.165) is 6.32 Å². The van der Waals surface area contributed by atoms with E-state index < -0.39 is 0 Å². The van der Waals surface area contributed by atoms with E-state index in [4.69, 9.17) is 14.4 Å². The van der Waals surface area contributed by atoms with Crippen LogP contribution in [0.25, 0.3) is 0 Å². The Morgan fingerprint density at radius 2 is 1.83 bits per heavy atom. The third-order valence-electron chi connectivity index (χ3n) is 1.60. The summed E-state index contributed by atoms with van der Waals surface area (Å²) in [5.74, 6) is 0.281. The average Bonchev–Trinajstić information content (AvgIpc) is 2.60. The minimum atomic E-state index is -0.0675. The van der Waals surface area contributed by atoms with Crippen LogP contribution in [0.1, 0.15) is 20.8 Å². The zero-order chi connectivity index (χ0) is 9.40. The zero-order valence-electron chi connectivity index (χ0n) is 8.25. The lowest BCUT2D eigenvalue weighted by atomic mass is 9.79. The molecule has 3 nitrogen and oxygen atoms in total. The third kappa shape index (κ3) is 4.75. The van der Waals surface area contributed by atoms with E-state index in [-0.39, 0.29) is 19.6 Å². The molecular weight excluding hydrogens is 155 g/mol. The Morgan fingerprint density at radius 3 is 2.25 bits per heavy atom. The van der Waals surface area contributed by atoms with Crippen molar-refractivity contribution in [2.24, 2.45) is 5.92 Å². The molecule has 0 unspecified atom stereocenters. The normalized spacial score (nSPS) is 18.5. The van der Waals surface area contributed by atoms with Crippen LogP contribution in [0.4, 0.5) is 0 Å². The van der Waals surface area contributed by atoms with Crippen LogP contribution < -0.4 is 0 Å². The molecule has 0 amide bonds. The lowest BCUT2D eigenvalue weighted by Gasteiger charge is -2.07. The smallest absolute Gasteiger partial charge is 0.409 e. The zero-order valence-corrected chi connectivity index (χ0v) is 8.25. The van der Waals surface area contributed by atoms with Gasteiger partial charge < -0.3 is 14.4 Å². The minimum Gasteiger partial charge on any atom is -0.409 e.